The summed E-state index contributed by atoms with van der Waals surface area (Å²) in [6.07, 6.45) is 3.38. The Kier molecular flexibility index (Phi) is 3.85. The summed E-state index contributed by atoms with van der Waals surface area (Å²) in [7, 11) is 2.02. The first kappa shape index (κ1) is 12.2. The molecule has 0 radical (unpaired) electrons. The molecule has 2 rings (SSSR count). The molecule has 0 aliphatic carbocycles. The van der Waals surface area contributed by atoms with E-state index in [9.17, 15) is 0 Å². The molecule has 1 unspecified atom stereocenters. The number of aromatic nitrogens is 1. The van der Waals surface area contributed by atoms with Crippen LogP contribution in [0.3, 0.4) is 0 Å². The zero-order valence-corrected chi connectivity index (χ0v) is 11.0. The normalized spacial score (nSPS) is 13.4. The quantitative estimate of drug-likeness (QED) is 0.808. The Bertz CT molecular complexity index is 470. The van der Waals surface area contributed by atoms with Crippen LogP contribution in [-0.4, -0.2) is 18.6 Å². The Morgan fingerprint density at radius 1 is 1.24 bits per heavy atom. The number of nitrogens with one attached hydrogen (secondary N) is 2. The van der Waals surface area contributed by atoms with Gasteiger partial charge in [0.1, 0.15) is 0 Å². The Hall–Kier alpha value is -1.28. The van der Waals surface area contributed by atoms with Gasteiger partial charge >= 0.3 is 0 Å². The molecule has 17 heavy (non-hydrogen) atoms. The fourth-order valence-electron chi connectivity index (χ4n) is 2.55. The zero-order valence-electron chi connectivity index (χ0n) is 11.0. The van der Waals surface area contributed by atoms with E-state index in [-0.39, 0.29) is 0 Å². The van der Waals surface area contributed by atoms with Gasteiger partial charge in [0.15, 0.2) is 0 Å². The lowest BCUT2D eigenvalue weighted by Crippen LogP contribution is -2.15. The molecule has 0 amide bonds. The van der Waals surface area contributed by atoms with Gasteiger partial charge in [0.05, 0.1) is 0 Å². The molecule has 1 heterocycles. The van der Waals surface area contributed by atoms with E-state index in [0.717, 1.165) is 6.54 Å². The van der Waals surface area contributed by atoms with Crippen molar-refractivity contribution in [2.75, 3.05) is 13.6 Å². The third-order valence-electron chi connectivity index (χ3n) is 3.53. The van der Waals surface area contributed by atoms with Gasteiger partial charge in [0, 0.05) is 17.1 Å². The summed E-state index contributed by atoms with van der Waals surface area (Å²) in [6, 6.07) is 8.57. The molecule has 1 aromatic heterocycles. The second-order valence-electron chi connectivity index (χ2n) is 5.03. The molecule has 1 aromatic carbocycles. The highest BCUT2D eigenvalue weighted by atomic mass is 14.8. The molecule has 2 heteroatoms. The highest BCUT2D eigenvalue weighted by Gasteiger charge is 2.18. The van der Waals surface area contributed by atoms with Crippen molar-refractivity contribution in [3.05, 3.63) is 36.0 Å². The molecule has 2 N–H and O–H groups in total. The van der Waals surface area contributed by atoms with Crippen LogP contribution in [-0.2, 0) is 0 Å². The van der Waals surface area contributed by atoms with E-state index >= 15 is 0 Å². The molecule has 2 nitrogen and oxygen atoms in total. The highest BCUT2D eigenvalue weighted by molar-refractivity contribution is 5.83. The number of aromatic amines is 1. The number of benzene rings is 1. The number of hydrogen-bond acceptors (Lipinski definition) is 1. The number of H-pyrrole nitrogens is 1. The van der Waals surface area contributed by atoms with Crippen molar-refractivity contribution in [2.24, 2.45) is 5.92 Å². The third kappa shape index (κ3) is 2.52. The van der Waals surface area contributed by atoms with E-state index in [1.54, 1.807) is 0 Å². The molecule has 0 aliphatic heterocycles. The van der Waals surface area contributed by atoms with Crippen molar-refractivity contribution in [1.29, 1.82) is 0 Å². The fraction of sp³-hybridized carbons (Fsp3) is 0.467. The van der Waals surface area contributed by atoms with E-state index in [0.29, 0.717) is 11.8 Å². The molecule has 0 fully saturated rings. The average Bonchev–Trinajstić information content (AvgIpc) is 2.73. The SMILES string of the molecule is CNCCC(c1c[nH]c2ccccc12)C(C)C. The van der Waals surface area contributed by atoms with Crippen LogP contribution in [0.2, 0.25) is 0 Å². The van der Waals surface area contributed by atoms with Gasteiger partial charge in [-0.2, -0.15) is 0 Å². The molecule has 2 aromatic rings. The van der Waals surface area contributed by atoms with Gasteiger partial charge in [-0.1, -0.05) is 32.0 Å². The summed E-state index contributed by atoms with van der Waals surface area (Å²) >= 11 is 0. The van der Waals surface area contributed by atoms with Crippen molar-refractivity contribution >= 4 is 10.9 Å². The van der Waals surface area contributed by atoms with Crippen LogP contribution >= 0.6 is 0 Å². The van der Waals surface area contributed by atoms with Gasteiger partial charge in [0.25, 0.3) is 0 Å². The van der Waals surface area contributed by atoms with E-state index in [2.05, 4.69) is 54.6 Å². The Labute approximate surface area is 103 Å². The van der Waals surface area contributed by atoms with Gasteiger partial charge in [-0.05, 0) is 43.5 Å². The maximum Gasteiger partial charge on any atom is 0.0456 e. The monoisotopic (exact) mass is 230 g/mol. The van der Waals surface area contributed by atoms with E-state index in [1.807, 2.05) is 7.05 Å². The second-order valence-corrected chi connectivity index (χ2v) is 5.03. The number of para-hydroxylation sites is 1. The van der Waals surface area contributed by atoms with E-state index < -0.39 is 0 Å². The lowest BCUT2D eigenvalue weighted by Gasteiger charge is -2.20. The average molecular weight is 230 g/mol. The standard InChI is InChI=1S/C15H22N2/c1-11(2)12(8-9-16-3)14-10-17-15-7-5-4-6-13(14)15/h4-7,10-12,16-17H,8-9H2,1-3H3. The van der Waals surface area contributed by atoms with Crippen LogP contribution in [0.1, 0.15) is 31.7 Å². The summed E-state index contributed by atoms with van der Waals surface area (Å²) in [4.78, 5) is 3.38. The first-order valence-electron chi connectivity index (χ1n) is 6.44. The van der Waals surface area contributed by atoms with Crippen molar-refractivity contribution in [2.45, 2.75) is 26.2 Å². The summed E-state index contributed by atoms with van der Waals surface area (Å²) < 4.78 is 0. The summed E-state index contributed by atoms with van der Waals surface area (Å²) in [5, 5.41) is 4.63. The molecule has 0 saturated carbocycles. The number of hydrogen-bond donors (Lipinski definition) is 2. The van der Waals surface area contributed by atoms with Crippen molar-refractivity contribution in [1.82, 2.24) is 10.3 Å². The summed E-state index contributed by atoms with van der Waals surface area (Å²) in [5.41, 5.74) is 2.71. The minimum Gasteiger partial charge on any atom is -0.361 e. The van der Waals surface area contributed by atoms with Gasteiger partial charge in [-0.25, -0.2) is 0 Å². The molecule has 0 spiro atoms. The second kappa shape index (κ2) is 5.37. The molecule has 0 bridgehead atoms. The van der Waals surface area contributed by atoms with Gasteiger partial charge in [0.2, 0.25) is 0 Å². The lowest BCUT2D eigenvalue weighted by molar-refractivity contribution is 0.463. The molecule has 0 aliphatic rings. The van der Waals surface area contributed by atoms with Crippen LogP contribution < -0.4 is 5.32 Å². The van der Waals surface area contributed by atoms with Crippen LogP contribution in [0.25, 0.3) is 10.9 Å². The van der Waals surface area contributed by atoms with Crippen LogP contribution in [0.15, 0.2) is 30.5 Å². The Morgan fingerprint density at radius 3 is 2.71 bits per heavy atom. The summed E-state index contributed by atoms with van der Waals surface area (Å²) in [5.74, 6) is 1.29. The van der Waals surface area contributed by atoms with Crippen LogP contribution in [0.5, 0.6) is 0 Å². The topological polar surface area (TPSA) is 27.8 Å². The maximum absolute atomic E-state index is 3.38. The van der Waals surface area contributed by atoms with Gasteiger partial charge in [-0.15, -0.1) is 0 Å². The fourth-order valence-corrected chi connectivity index (χ4v) is 2.55. The Morgan fingerprint density at radius 2 is 2.00 bits per heavy atom. The lowest BCUT2D eigenvalue weighted by atomic mass is 9.85. The Balaban J connectivity index is 2.34. The molecule has 0 saturated heterocycles. The molecular weight excluding hydrogens is 208 g/mol. The number of rotatable bonds is 5. The predicted molar refractivity (Wildman–Crippen MR) is 74.4 cm³/mol. The van der Waals surface area contributed by atoms with Crippen LogP contribution in [0, 0.1) is 5.92 Å². The third-order valence-corrected chi connectivity index (χ3v) is 3.53. The van der Waals surface area contributed by atoms with Crippen molar-refractivity contribution < 1.29 is 0 Å². The number of fused-ring (bicyclic) bond motifs is 1. The van der Waals surface area contributed by atoms with Crippen molar-refractivity contribution in [3.8, 4) is 0 Å². The van der Waals surface area contributed by atoms with Crippen molar-refractivity contribution in [3.63, 3.8) is 0 Å². The first-order chi connectivity index (χ1) is 8.24. The van der Waals surface area contributed by atoms with Gasteiger partial charge < -0.3 is 10.3 Å². The van der Waals surface area contributed by atoms with E-state index in [4.69, 9.17) is 0 Å². The largest absolute Gasteiger partial charge is 0.361 e. The minimum atomic E-state index is 0.624. The molecular formula is C15H22N2. The maximum atomic E-state index is 3.38. The van der Waals surface area contributed by atoms with Crippen LogP contribution in [0.4, 0.5) is 0 Å². The van der Waals surface area contributed by atoms with Gasteiger partial charge in [-0.3, -0.25) is 0 Å². The highest BCUT2D eigenvalue weighted by Crippen LogP contribution is 2.32. The minimum absolute atomic E-state index is 0.624. The predicted octanol–water partition coefficient (Wildman–Crippen LogP) is 3.52. The zero-order chi connectivity index (χ0) is 12.3. The summed E-state index contributed by atoms with van der Waals surface area (Å²) in [6.45, 7) is 5.69. The smallest absolute Gasteiger partial charge is 0.0456 e. The molecule has 1 atom stereocenters. The first-order valence-corrected chi connectivity index (χ1v) is 6.44. The van der Waals surface area contributed by atoms with E-state index in [1.165, 1.54) is 22.9 Å². The molecule has 92 valence electrons.